The Labute approximate surface area is 163 Å². The fourth-order valence-electron chi connectivity index (χ4n) is 2.62. The second-order valence-electron chi connectivity index (χ2n) is 6.61. The van der Waals surface area contributed by atoms with Crippen molar-refractivity contribution in [2.75, 3.05) is 29.6 Å². The fourth-order valence-corrected chi connectivity index (χ4v) is 2.62. The van der Waals surface area contributed by atoms with E-state index in [-0.39, 0.29) is 18.1 Å². The van der Waals surface area contributed by atoms with E-state index in [4.69, 9.17) is 0 Å². The minimum Gasteiger partial charge on any atom is -0.363 e. The van der Waals surface area contributed by atoms with Crippen LogP contribution in [0.1, 0.15) is 11.4 Å². The normalized spacial score (nSPS) is 10.4. The summed E-state index contributed by atoms with van der Waals surface area (Å²) in [7, 11) is 3.85. The van der Waals surface area contributed by atoms with Gasteiger partial charge in [0.05, 0.1) is 6.42 Å². The highest BCUT2D eigenvalue weighted by Gasteiger charge is 2.06. The molecule has 0 aliphatic carbocycles. The first-order valence-corrected chi connectivity index (χ1v) is 8.83. The molecular weight excluding hydrogens is 357 g/mol. The van der Waals surface area contributed by atoms with Crippen LogP contribution in [0, 0.1) is 12.7 Å². The third-order valence-electron chi connectivity index (χ3n) is 4.00. The van der Waals surface area contributed by atoms with Gasteiger partial charge in [-0.25, -0.2) is 14.4 Å². The van der Waals surface area contributed by atoms with Crippen LogP contribution in [0.2, 0.25) is 0 Å². The zero-order chi connectivity index (χ0) is 20.1. The van der Waals surface area contributed by atoms with Gasteiger partial charge in [-0.1, -0.05) is 12.1 Å². The van der Waals surface area contributed by atoms with Gasteiger partial charge in [0, 0.05) is 31.5 Å². The van der Waals surface area contributed by atoms with E-state index in [0.29, 0.717) is 17.3 Å². The molecule has 7 heteroatoms. The molecule has 2 N–H and O–H groups in total. The van der Waals surface area contributed by atoms with E-state index in [9.17, 15) is 9.18 Å². The Morgan fingerprint density at radius 2 is 1.64 bits per heavy atom. The molecule has 1 heterocycles. The fraction of sp³-hybridized carbons (Fsp3) is 0.190. The van der Waals surface area contributed by atoms with E-state index >= 15 is 0 Å². The summed E-state index contributed by atoms with van der Waals surface area (Å²) in [5.41, 5.74) is 2.29. The number of nitrogens with one attached hydrogen (secondary N) is 2. The molecule has 0 aliphatic heterocycles. The third kappa shape index (κ3) is 5.26. The van der Waals surface area contributed by atoms with Crippen molar-refractivity contribution >= 4 is 28.9 Å². The standard InChI is InChI=1S/C21H22FN5O/c1-14-23-19(13-20(24-14)27(2)3)25-17-8-10-18(11-9-17)26-21(28)12-15-4-6-16(22)7-5-15/h4-11,13H,12H2,1-3H3,(H,26,28)(H,23,24,25). The van der Waals surface area contributed by atoms with Crippen LogP contribution in [0.25, 0.3) is 0 Å². The minimum absolute atomic E-state index is 0.158. The van der Waals surface area contributed by atoms with Gasteiger partial charge in [0.25, 0.3) is 0 Å². The maximum atomic E-state index is 12.9. The van der Waals surface area contributed by atoms with Crippen molar-refractivity contribution in [1.82, 2.24) is 9.97 Å². The molecule has 144 valence electrons. The van der Waals surface area contributed by atoms with Crippen molar-refractivity contribution in [2.24, 2.45) is 0 Å². The molecule has 0 atom stereocenters. The monoisotopic (exact) mass is 379 g/mol. The molecule has 0 fully saturated rings. The Balaban J connectivity index is 1.62. The summed E-state index contributed by atoms with van der Waals surface area (Å²) in [6, 6.07) is 15.1. The van der Waals surface area contributed by atoms with Crippen LogP contribution in [-0.4, -0.2) is 30.0 Å². The SMILES string of the molecule is Cc1nc(Nc2ccc(NC(=O)Cc3ccc(F)cc3)cc2)cc(N(C)C)n1. The average Bonchev–Trinajstić information content (AvgIpc) is 2.65. The summed E-state index contributed by atoms with van der Waals surface area (Å²) >= 11 is 0. The summed E-state index contributed by atoms with van der Waals surface area (Å²) in [5.74, 6) is 1.72. The number of halogens is 1. The van der Waals surface area contributed by atoms with Crippen molar-refractivity contribution in [2.45, 2.75) is 13.3 Å². The number of rotatable bonds is 6. The first kappa shape index (κ1) is 19.3. The quantitative estimate of drug-likeness (QED) is 0.679. The van der Waals surface area contributed by atoms with Crippen molar-refractivity contribution in [3.63, 3.8) is 0 Å². The lowest BCUT2D eigenvalue weighted by Crippen LogP contribution is -2.14. The molecule has 1 amide bonds. The van der Waals surface area contributed by atoms with Crippen molar-refractivity contribution < 1.29 is 9.18 Å². The number of aryl methyl sites for hydroxylation is 1. The maximum Gasteiger partial charge on any atom is 0.228 e. The predicted octanol–water partition coefficient (Wildman–Crippen LogP) is 3.91. The van der Waals surface area contributed by atoms with Gasteiger partial charge >= 0.3 is 0 Å². The minimum atomic E-state index is -0.316. The van der Waals surface area contributed by atoms with Gasteiger partial charge in [-0.15, -0.1) is 0 Å². The van der Waals surface area contributed by atoms with Crippen LogP contribution < -0.4 is 15.5 Å². The number of carbonyl (C=O) groups excluding carboxylic acids is 1. The van der Waals surface area contributed by atoms with E-state index in [1.807, 2.05) is 56.3 Å². The summed E-state index contributed by atoms with van der Waals surface area (Å²) in [6.45, 7) is 1.85. The second kappa shape index (κ2) is 8.47. The Morgan fingerprint density at radius 3 is 2.29 bits per heavy atom. The lowest BCUT2D eigenvalue weighted by molar-refractivity contribution is -0.115. The molecule has 0 aliphatic rings. The number of amides is 1. The van der Waals surface area contributed by atoms with E-state index in [1.165, 1.54) is 12.1 Å². The number of carbonyl (C=O) groups is 1. The van der Waals surface area contributed by atoms with E-state index < -0.39 is 0 Å². The molecule has 0 spiro atoms. The van der Waals surface area contributed by atoms with Gasteiger partial charge in [-0.2, -0.15) is 0 Å². The first-order chi connectivity index (χ1) is 13.4. The van der Waals surface area contributed by atoms with Crippen molar-refractivity contribution in [3.8, 4) is 0 Å². The van der Waals surface area contributed by atoms with Gasteiger partial charge in [0.1, 0.15) is 23.3 Å². The van der Waals surface area contributed by atoms with E-state index in [1.54, 1.807) is 12.1 Å². The van der Waals surface area contributed by atoms with Crippen LogP contribution in [0.4, 0.5) is 27.4 Å². The Bertz CT molecular complexity index is 956. The largest absolute Gasteiger partial charge is 0.363 e. The highest BCUT2D eigenvalue weighted by Crippen LogP contribution is 2.20. The highest BCUT2D eigenvalue weighted by molar-refractivity contribution is 5.92. The number of anilines is 4. The average molecular weight is 379 g/mol. The molecule has 2 aromatic carbocycles. The highest BCUT2D eigenvalue weighted by atomic mass is 19.1. The molecular formula is C21H22FN5O. The van der Waals surface area contributed by atoms with Gasteiger partial charge in [0.15, 0.2) is 0 Å². The lowest BCUT2D eigenvalue weighted by Gasteiger charge is -2.14. The first-order valence-electron chi connectivity index (χ1n) is 8.83. The number of hydrogen-bond donors (Lipinski definition) is 2. The molecule has 0 radical (unpaired) electrons. The van der Waals surface area contributed by atoms with Gasteiger partial charge < -0.3 is 15.5 Å². The number of hydrogen-bond acceptors (Lipinski definition) is 5. The lowest BCUT2D eigenvalue weighted by atomic mass is 10.1. The van der Waals surface area contributed by atoms with Gasteiger partial charge in [-0.05, 0) is 48.9 Å². The predicted molar refractivity (Wildman–Crippen MR) is 110 cm³/mol. The second-order valence-corrected chi connectivity index (χ2v) is 6.61. The summed E-state index contributed by atoms with van der Waals surface area (Å²) in [6.07, 6.45) is 0.188. The van der Waals surface area contributed by atoms with Crippen LogP contribution >= 0.6 is 0 Å². The molecule has 1 aromatic heterocycles. The Morgan fingerprint density at radius 1 is 1.00 bits per heavy atom. The third-order valence-corrected chi connectivity index (χ3v) is 4.00. The maximum absolute atomic E-state index is 12.9. The molecule has 6 nitrogen and oxygen atoms in total. The molecule has 0 unspecified atom stereocenters. The zero-order valence-corrected chi connectivity index (χ0v) is 16.0. The summed E-state index contributed by atoms with van der Waals surface area (Å²) in [4.78, 5) is 22.8. The molecule has 0 saturated carbocycles. The van der Waals surface area contributed by atoms with Crippen LogP contribution in [0.3, 0.4) is 0 Å². The van der Waals surface area contributed by atoms with Crippen LogP contribution in [-0.2, 0) is 11.2 Å². The van der Waals surface area contributed by atoms with Gasteiger partial charge in [-0.3, -0.25) is 4.79 Å². The zero-order valence-electron chi connectivity index (χ0n) is 16.0. The van der Waals surface area contributed by atoms with Crippen molar-refractivity contribution in [3.05, 3.63) is 71.8 Å². The van der Waals surface area contributed by atoms with E-state index in [0.717, 1.165) is 17.1 Å². The van der Waals surface area contributed by atoms with E-state index in [2.05, 4.69) is 20.6 Å². The molecule has 3 aromatic rings. The molecule has 0 bridgehead atoms. The summed E-state index contributed by atoms with van der Waals surface area (Å²) in [5, 5.41) is 6.08. The van der Waals surface area contributed by atoms with Crippen LogP contribution in [0.15, 0.2) is 54.6 Å². The van der Waals surface area contributed by atoms with Gasteiger partial charge in [0.2, 0.25) is 5.91 Å². The number of aromatic nitrogens is 2. The Kier molecular flexibility index (Phi) is 5.84. The number of benzene rings is 2. The molecule has 3 rings (SSSR count). The molecule has 28 heavy (non-hydrogen) atoms. The molecule has 0 saturated heterocycles. The topological polar surface area (TPSA) is 70.2 Å². The number of nitrogens with zero attached hydrogens (tertiary/aromatic N) is 3. The summed E-state index contributed by atoms with van der Waals surface area (Å²) < 4.78 is 12.9. The smallest absolute Gasteiger partial charge is 0.228 e. The van der Waals surface area contributed by atoms with Crippen LogP contribution in [0.5, 0.6) is 0 Å². The Hall–Kier alpha value is -3.48. The van der Waals surface area contributed by atoms with Crippen molar-refractivity contribution in [1.29, 1.82) is 0 Å².